The fourth-order valence-electron chi connectivity index (χ4n) is 0.626. The molecule has 12 heteroatoms. The Morgan fingerprint density at radius 2 is 1.21 bits per heavy atom. The Morgan fingerprint density at radius 1 is 0.842 bits per heavy atom. The van der Waals surface area contributed by atoms with Crippen molar-refractivity contribution in [1.29, 1.82) is 0 Å². The van der Waals surface area contributed by atoms with Gasteiger partial charge in [-0.1, -0.05) is 12.2 Å². The summed E-state index contributed by atoms with van der Waals surface area (Å²) in [5.41, 5.74) is 0. The van der Waals surface area contributed by atoms with E-state index < -0.39 is 39.4 Å². The standard InChI is InChI=1S/C7H6F9NS2/c1-17(2)3(18)19-7(15,16)5(10,11)4(8,9)6(12,13)14/h1-2H3. The van der Waals surface area contributed by atoms with Crippen molar-refractivity contribution < 1.29 is 39.5 Å². The van der Waals surface area contributed by atoms with Crippen molar-refractivity contribution in [3.8, 4) is 0 Å². The van der Waals surface area contributed by atoms with E-state index in [-0.39, 0.29) is 0 Å². The molecule has 0 N–H and O–H groups in total. The van der Waals surface area contributed by atoms with Crippen LogP contribution in [-0.2, 0) is 0 Å². The van der Waals surface area contributed by atoms with Gasteiger partial charge in [0.1, 0.15) is 4.32 Å². The molecular weight excluding hydrogens is 333 g/mol. The molecule has 0 spiro atoms. The van der Waals surface area contributed by atoms with Crippen LogP contribution in [0.3, 0.4) is 0 Å². The fraction of sp³-hybridized carbons (Fsp3) is 0.857. The van der Waals surface area contributed by atoms with Crippen LogP contribution >= 0.6 is 24.0 Å². The van der Waals surface area contributed by atoms with Crippen molar-refractivity contribution in [3.63, 3.8) is 0 Å². The molecule has 0 atom stereocenters. The van der Waals surface area contributed by atoms with Crippen molar-refractivity contribution in [3.05, 3.63) is 0 Å². The third-order valence-electron chi connectivity index (χ3n) is 1.70. The highest BCUT2D eigenvalue weighted by atomic mass is 32.2. The van der Waals surface area contributed by atoms with E-state index in [2.05, 4.69) is 12.2 Å². The van der Waals surface area contributed by atoms with Gasteiger partial charge in [0, 0.05) is 14.1 Å². The van der Waals surface area contributed by atoms with Crippen LogP contribution in [0.4, 0.5) is 39.5 Å². The third kappa shape index (κ3) is 3.38. The molecule has 0 fully saturated rings. The monoisotopic (exact) mass is 339 g/mol. The van der Waals surface area contributed by atoms with Gasteiger partial charge in [0.05, 0.1) is 0 Å². The first-order chi connectivity index (χ1) is 8.08. The van der Waals surface area contributed by atoms with Gasteiger partial charge >= 0.3 is 23.3 Å². The van der Waals surface area contributed by atoms with E-state index in [0.29, 0.717) is 4.90 Å². The smallest absolute Gasteiger partial charge is 0.363 e. The van der Waals surface area contributed by atoms with E-state index in [1.54, 1.807) is 0 Å². The molecule has 0 radical (unpaired) electrons. The van der Waals surface area contributed by atoms with Gasteiger partial charge in [0.15, 0.2) is 0 Å². The quantitative estimate of drug-likeness (QED) is 0.565. The second-order valence-electron chi connectivity index (χ2n) is 3.43. The summed E-state index contributed by atoms with van der Waals surface area (Å²) in [6.07, 6.45) is -6.82. The van der Waals surface area contributed by atoms with Crippen molar-refractivity contribution in [2.24, 2.45) is 0 Å². The molecule has 0 unspecified atom stereocenters. The summed E-state index contributed by atoms with van der Waals surface area (Å²) >= 11 is 2.91. The zero-order chi connectivity index (χ0) is 15.9. The van der Waals surface area contributed by atoms with Gasteiger partial charge in [-0.25, -0.2) is 0 Å². The van der Waals surface area contributed by atoms with E-state index in [9.17, 15) is 39.5 Å². The number of hydrogen-bond donors (Lipinski definition) is 0. The minimum Gasteiger partial charge on any atom is -0.363 e. The molecule has 0 saturated carbocycles. The average Bonchev–Trinajstić information content (AvgIpc) is 2.14. The van der Waals surface area contributed by atoms with Crippen LogP contribution in [0.25, 0.3) is 0 Å². The number of rotatable bonds is 3. The lowest BCUT2D eigenvalue weighted by Crippen LogP contribution is -2.60. The van der Waals surface area contributed by atoms with Gasteiger partial charge < -0.3 is 4.90 Å². The van der Waals surface area contributed by atoms with Crippen molar-refractivity contribution in [2.75, 3.05) is 14.1 Å². The Hall–Kier alpha value is -0.390. The Morgan fingerprint density at radius 3 is 1.47 bits per heavy atom. The van der Waals surface area contributed by atoms with Crippen LogP contribution in [0, 0.1) is 0 Å². The average molecular weight is 339 g/mol. The first kappa shape index (κ1) is 18.6. The largest absolute Gasteiger partial charge is 0.460 e. The molecule has 0 aromatic heterocycles. The minimum atomic E-state index is -6.89. The van der Waals surface area contributed by atoms with Crippen LogP contribution in [0.2, 0.25) is 0 Å². The predicted octanol–water partition coefficient (Wildman–Crippen LogP) is 3.99. The van der Waals surface area contributed by atoms with Crippen LogP contribution in [0.5, 0.6) is 0 Å². The predicted molar refractivity (Wildman–Crippen MR) is 54.8 cm³/mol. The van der Waals surface area contributed by atoms with E-state index in [4.69, 9.17) is 0 Å². The molecule has 1 nitrogen and oxygen atoms in total. The summed E-state index contributed by atoms with van der Waals surface area (Å²) in [4.78, 5) is 0.690. The third-order valence-corrected chi connectivity index (χ3v) is 3.36. The molecule has 0 aliphatic heterocycles. The number of nitrogens with zero attached hydrogens (tertiary/aromatic N) is 1. The molecule has 0 aliphatic carbocycles. The molecule has 0 amide bonds. The summed E-state index contributed by atoms with van der Waals surface area (Å²) in [6.45, 7) is 0. The number of thiocarbonyl (C=S) groups is 1. The second-order valence-corrected chi connectivity index (χ2v) is 5.17. The lowest BCUT2D eigenvalue weighted by atomic mass is 10.1. The topological polar surface area (TPSA) is 3.24 Å². The first-order valence-corrected chi connectivity index (χ1v) is 5.41. The molecular formula is C7H6F9NS2. The number of hydrogen-bond acceptors (Lipinski definition) is 2. The Labute approximate surface area is 111 Å². The number of alkyl halides is 9. The van der Waals surface area contributed by atoms with Crippen molar-refractivity contribution in [2.45, 2.75) is 23.3 Å². The number of halogens is 9. The Kier molecular flexibility index (Phi) is 5.08. The van der Waals surface area contributed by atoms with Crippen molar-refractivity contribution >= 4 is 28.3 Å². The molecule has 0 bridgehead atoms. The van der Waals surface area contributed by atoms with Gasteiger partial charge in [0.25, 0.3) is 0 Å². The highest BCUT2D eigenvalue weighted by Crippen LogP contribution is 2.56. The lowest BCUT2D eigenvalue weighted by Gasteiger charge is -2.33. The summed E-state index contributed by atoms with van der Waals surface area (Å²) in [6, 6.07) is 0. The maximum Gasteiger partial charge on any atom is 0.460 e. The maximum atomic E-state index is 13.0. The van der Waals surface area contributed by atoms with Crippen LogP contribution in [-0.4, -0.2) is 46.6 Å². The van der Waals surface area contributed by atoms with Gasteiger partial charge in [-0.3, -0.25) is 0 Å². The Balaban J connectivity index is 5.46. The van der Waals surface area contributed by atoms with E-state index in [1.165, 1.54) is 0 Å². The highest BCUT2D eigenvalue weighted by molar-refractivity contribution is 8.23. The summed E-state index contributed by atoms with van der Waals surface area (Å²) in [5.74, 6) is -13.5. The minimum absolute atomic E-state index is 0.690. The molecule has 0 aromatic carbocycles. The SMILES string of the molecule is CN(C)C(=S)SC(F)(F)C(F)(F)C(F)(F)C(F)(F)F. The Bertz CT molecular complexity index is 349. The molecule has 0 rings (SSSR count). The van der Waals surface area contributed by atoms with Crippen LogP contribution in [0.15, 0.2) is 0 Å². The lowest BCUT2D eigenvalue weighted by molar-refractivity contribution is -0.381. The zero-order valence-electron chi connectivity index (χ0n) is 9.17. The van der Waals surface area contributed by atoms with Gasteiger partial charge in [-0.05, 0) is 11.8 Å². The molecule has 114 valence electrons. The highest BCUT2D eigenvalue weighted by Gasteiger charge is 2.82. The maximum absolute atomic E-state index is 13.0. The zero-order valence-corrected chi connectivity index (χ0v) is 10.8. The summed E-state index contributed by atoms with van der Waals surface area (Å²) in [7, 11) is 2.07. The van der Waals surface area contributed by atoms with Gasteiger partial charge in [-0.15, -0.1) is 0 Å². The second kappa shape index (κ2) is 5.19. The molecule has 0 aliphatic rings. The van der Waals surface area contributed by atoms with Crippen LogP contribution < -0.4 is 0 Å². The number of thioether (sulfide) groups is 1. The van der Waals surface area contributed by atoms with E-state index in [0.717, 1.165) is 14.1 Å². The first-order valence-electron chi connectivity index (χ1n) is 4.18. The summed E-state index contributed by atoms with van der Waals surface area (Å²) < 4.78 is 111. The van der Waals surface area contributed by atoms with Crippen LogP contribution in [0.1, 0.15) is 0 Å². The normalized spacial score (nSPS) is 14.5. The molecule has 19 heavy (non-hydrogen) atoms. The van der Waals surface area contributed by atoms with Gasteiger partial charge in [-0.2, -0.15) is 39.5 Å². The van der Waals surface area contributed by atoms with E-state index in [1.807, 2.05) is 0 Å². The molecule has 0 heterocycles. The summed E-state index contributed by atoms with van der Waals surface area (Å²) in [5, 5.41) is -5.73. The fourth-order valence-corrected chi connectivity index (χ4v) is 1.60. The van der Waals surface area contributed by atoms with Gasteiger partial charge in [0.2, 0.25) is 0 Å². The molecule has 0 aromatic rings. The van der Waals surface area contributed by atoms with Crippen molar-refractivity contribution in [1.82, 2.24) is 4.90 Å². The molecule has 0 saturated heterocycles. The van der Waals surface area contributed by atoms with E-state index >= 15 is 0 Å².